The summed E-state index contributed by atoms with van der Waals surface area (Å²) in [5, 5.41) is 12.7. The van der Waals surface area contributed by atoms with E-state index in [-0.39, 0.29) is 34.8 Å². The summed E-state index contributed by atoms with van der Waals surface area (Å²) in [5.41, 5.74) is 0.449. The van der Waals surface area contributed by atoms with Crippen molar-refractivity contribution < 1.29 is 22.7 Å². The standard InChI is InChI=1S/C16H17NO6S/c1-9-12-3-2-11(18)6-14(12)23-16(20)13(9)7-15(19)17-10-4-5-24(21,22)8-10/h2-3,6,10,18H,4-5,7-8H2,1H3,(H,17,19). The molecule has 1 atom stereocenters. The lowest BCUT2D eigenvalue weighted by Crippen LogP contribution is -2.37. The number of phenols is 1. The molecule has 0 bridgehead atoms. The Morgan fingerprint density at radius 3 is 2.83 bits per heavy atom. The molecule has 2 heterocycles. The van der Waals surface area contributed by atoms with E-state index in [1.165, 1.54) is 12.1 Å². The molecule has 0 spiro atoms. The van der Waals surface area contributed by atoms with Crippen molar-refractivity contribution in [3.8, 4) is 5.75 Å². The van der Waals surface area contributed by atoms with Crippen molar-refractivity contribution in [2.45, 2.75) is 25.8 Å². The minimum absolute atomic E-state index is 0.0158. The highest BCUT2D eigenvalue weighted by atomic mass is 32.2. The smallest absolute Gasteiger partial charge is 0.340 e. The van der Waals surface area contributed by atoms with E-state index in [2.05, 4.69) is 5.32 Å². The van der Waals surface area contributed by atoms with Crippen molar-refractivity contribution >= 4 is 26.7 Å². The Kier molecular flexibility index (Phi) is 4.08. The van der Waals surface area contributed by atoms with Crippen molar-refractivity contribution in [2.24, 2.45) is 0 Å². The van der Waals surface area contributed by atoms with Crippen LogP contribution in [0.3, 0.4) is 0 Å². The van der Waals surface area contributed by atoms with Crippen LogP contribution in [0.4, 0.5) is 0 Å². The Labute approximate surface area is 138 Å². The molecule has 2 aromatic rings. The Bertz CT molecular complexity index is 976. The number of aromatic hydroxyl groups is 1. The number of aryl methyl sites for hydroxylation is 1. The van der Waals surface area contributed by atoms with Crippen LogP contribution in [0.1, 0.15) is 17.5 Å². The Balaban J connectivity index is 1.83. The van der Waals surface area contributed by atoms with E-state index in [4.69, 9.17) is 4.42 Å². The molecule has 1 saturated heterocycles. The third-order valence-corrected chi connectivity index (χ3v) is 5.97. The highest BCUT2D eigenvalue weighted by molar-refractivity contribution is 7.91. The maximum Gasteiger partial charge on any atom is 0.340 e. The van der Waals surface area contributed by atoms with Gasteiger partial charge in [0.2, 0.25) is 5.91 Å². The van der Waals surface area contributed by atoms with Gasteiger partial charge in [-0.1, -0.05) is 0 Å². The van der Waals surface area contributed by atoms with Crippen molar-refractivity contribution in [3.05, 3.63) is 39.7 Å². The second-order valence-electron chi connectivity index (χ2n) is 6.02. The first-order valence-corrected chi connectivity index (χ1v) is 9.32. The topological polar surface area (TPSA) is 114 Å². The van der Waals surface area contributed by atoms with Gasteiger partial charge < -0.3 is 14.8 Å². The maximum absolute atomic E-state index is 12.1. The molecular formula is C16H17NO6S. The molecule has 128 valence electrons. The molecule has 7 nitrogen and oxygen atoms in total. The molecule has 1 aromatic carbocycles. The van der Waals surface area contributed by atoms with Gasteiger partial charge in [-0.2, -0.15) is 0 Å². The molecule has 1 fully saturated rings. The number of rotatable bonds is 3. The number of amides is 1. The van der Waals surface area contributed by atoms with Crippen LogP contribution < -0.4 is 10.9 Å². The van der Waals surface area contributed by atoms with Gasteiger partial charge in [-0.05, 0) is 31.0 Å². The molecule has 2 N–H and O–H groups in total. The van der Waals surface area contributed by atoms with Crippen LogP contribution in [0, 0.1) is 6.92 Å². The molecule has 1 unspecified atom stereocenters. The molecule has 24 heavy (non-hydrogen) atoms. The van der Waals surface area contributed by atoms with Crippen LogP contribution in [-0.2, 0) is 21.1 Å². The summed E-state index contributed by atoms with van der Waals surface area (Å²) in [6.45, 7) is 1.71. The van der Waals surface area contributed by atoms with Crippen molar-refractivity contribution in [1.29, 1.82) is 0 Å². The van der Waals surface area contributed by atoms with E-state index >= 15 is 0 Å². The Hall–Kier alpha value is -2.35. The molecule has 0 aliphatic carbocycles. The number of sulfone groups is 1. The van der Waals surface area contributed by atoms with Gasteiger partial charge in [0, 0.05) is 17.5 Å². The second-order valence-corrected chi connectivity index (χ2v) is 8.25. The maximum atomic E-state index is 12.1. The first-order chi connectivity index (χ1) is 11.2. The van der Waals surface area contributed by atoms with E-state index in [1.807, 2.05) is 0 Å². The van der Waals surface area contributed by atoms with Gasteiger partial charge >= 0.3 is 5.63 Å². The van der Waals surface area contributed by atoms with Crippen LogP contribution in [0.15, 0.2) is 27.4 Å². The van der Waals surface area contributed by atoms with Crippen LogP contribution in [-0.4, -0.2) is 37.0 Å². The lowest BCUT2D eigenvalue weighted by atomic mass is 10.0. The summed E-state index contributed by atoms with van der Waals surface area (Å²) in [6.07, 6.45) is 0.209. The van der Waals surface area contributed by atoms with Crippen molar-refractivity contribution in [1.82, 2.24) is 5.32 Å². The molecule has 0 saturated carbocycles. The minimum Gasteiger partial charge on any atom is -0.508 e. The molecule has 3 rings (SSSR count). The zero-order valence-electron chi connectivity index (χ0n) is 13.0. The third-order valence-electron chi connectivity index (χ3n) is 4.21. The van der Waals surface area contributed by atoms with E-state index in [0.717, 1.165) is 0 Å². The monoisotopic (exact) mass is 351 g/mol. The van der Waals surface area contributed by atoms with Gasteiger partial charge in [-0.3, -0.25) is 4.79 Å². The number of hydrogen-bond acceptors (Lipinski definition) is 6. The molecule has 0 radical (unpaired) electrons. The summed E-state index contributed by atoms with van der Waals surface area (Å²) in [6, 6.07) is 4.03. The van der Waals surface area contributed by atoms with Crippen LogP contribution in [0.5, 0.6) is 5.75 Å². The molecule has 1 aliphatic rings. The van der Waals surface area contributed by atoms with E-state index < -0.39 is 27.4 Å². The largest absolute Gasteiger partial charge is 0.508 e. The molecule has 1 aromatic heterocycles. The summed E-state index contributed by atoms with van der Waals surface area (Å²) in [4.78, 5) is 24.3. The average Bonchev–Trinajstić information content (AvgIpc) is 2.82. The van der Waals surface area contributed by atoms with Crippen molar-refractivity contribution in [3.63, 3.8) is 0 Å². The first kappa shape index (κ1) is 16.5. The quantitative estimate of drug-likeness (QED) is 0.785. The molecule has 1 amide bonds. The summed E-state index contributed by atoms with van der Waals surface area (Å²) < 4.78 is 28.0. The van der Waals surface area contributed by atoms with Gasteiger partial charge in [0.25, 0.3) is 0 Å². The normalized spacial score (nSPS) is 19.5. The molecule has 1 aliphatic heterocycles. The van der Waals surface area contributed by atoms with Crippen molar-refractivity contribution in [2.75, 3.05) is 11.5 Å². The Morgan fingerprint density at radius 1 is 1.42 bits per heavy atom. The summed E-state index contributed by atoms with van der Waals surface area (Å²) in [5.74, 6) is -0.425. The number of phenolic OH excluding ortho intramolecular Hbond substituents is 1. The van der Waals surface area contributed by atoms with Crippen LogP contribution in [0.25, 0.3) is 11.0 Å². The zero-order valence-corrected chi connectivity index (χ0v) is 13.9. The fourth-order valence-electron chi connectivity index (χ4n) is 2.94. The average molecular weight is 351 g/mol. The lowest BCUT2D eigenvalue weighted by molar-refractivity contribution is -0.121. The SMILES string of the molecule is Cc1c(CC(=O)NC2CCS(=O)(=O)C2)c(=O)oc2cc(O)ccc12. The first-order valence-electron chi connectivity index (χ1n) is 7.50. The predicted molar refractivity (Wildman–Crippen MR) is 87.8 cm³/mol. The van der Waals surface area contributed by atoms with Gasteiger partial charge in [0.1, 0.15) is 11.3 Å². The minimum atomic E-state index is -3.08. The van der Waals surface area contributed by atoms with E-state index in [0.29, 0.717) is 17.4 Å². The zero-order chi connectivity index (χ0) is 17.5. The molecule has 8 heteroatoms. The number of benzene rings is 1. The summed E-state index contributed by atoms with van der Waals surface area (Å²) in [7, 11) is -3.08. The van der Waals surface area contributed by atoms with E-state index in [9.17, 15) is 23.1 Å². The number of carbonyl (C=O) groups excluding carboxylic acids is 1. The van der Waals surface area contributed by atoms with Crippen LogP contribution in [0.2, 0.25) is 0 Å². The fourth-order valence-corrected chi connectivity index (χ4v) is 4.61. The fraction of sp³-hybridized carbons (Fsp3) is 0.375. The second kappa shape index (κ2) is 5.94. The van der Waals surface area contributed by atoms with Gasteiger partial charge in [-0.15, -0.1) is 0 Å². The lowest BCUT2D eigenvalue weighted by Gasteiger charge is -2.12. The highest BCUT2D eigenvalue weighted by Crippen LogP contribution is 2.23. The van der Waals surface area contributed by atoms with E-state index in [1.54, 1.807) is 13.0 Å². The predicted octanol–water partition coefficient (Wildman–Crippen LogP) is 0.653. The number of carbonyl (C=O) groups is 1. The Morgan fingerprint density at radius 2 is 2.17 bits per heavy atom. The van der Waals surface area contributed by atoms with Gasteiger partial charge in [0.15, 0.2) is 9.84 Å². The number of fused-ring (bicyclic) bond motifs is 1. The van der Waals surface area contributed by atoms with Gasteiger partial charge in [0.05, 0.1) is 23.5 Å². The highest BCUT2D eigenvalue weighted by Gasteiger charge is 2.29. The third kappa shape index (κ3) is 3.28. The number of nitrogens with one attached hydrogen (secondary N) is 1. The molecular weight excluding hydrogens is 334 g/mol. The van der Waals surface area contributed by atoms with Gasteiger partial charge in [-0.25, -0.2) is 13.2 Å². The number of hydrogen-bond donors (Lipinski definition) is 2. The van der Waals surface area contributed by atoms with Crippen LogP contribution >= 0.6 is 0 Å². The summed E-state index contributed by atoms with van der Waals surface area (Å²) >= 11 is 0.